The van der Waals surface area contributed by atoms with Crippen LogP contribution in [0.1, 0.15) is 32.9 Å². The van der Waals surface area contributed by atoms with Crippen molar-refractivity contribution >= 4 is 22.2 Å². The fraction of sp³-hybridized carbons (Fsp3) is 0.200. The summed E-state index contributed by atoms with van der Waals surface area (Å²) in [5.41, 5.74) is 4.93. The molecule has 136 valence electrons. The summed E-state index contributed by atoms with van der Waals surface area (Å²) in [6.45, 7) is 6.35. The summed E-state index contributed by atoms with van der Waals surface area (Å²) >= 11 is 1.50. The minimum absolute atomic E-state index is 0.0602. The van der Waals surface area contributed by atoms with Gasteiger partial charge in [-0.15, -0.1) is 10.2 Å². The van der Waals surface area contributed by atoms with Crippen molar-refractivity contribution in [2.75, 3.05) is 0 Å². The van der Waals surface area contributed by atoms with Gasteiger partial charge in [-0.25, -0.2) is 0 Å². The number of hydrogen-bond donors (Lipinski definition) is 1. The van der Waals surface area contributed by atoms with Gasteiger partial charge >= 0.3 is 0 Å². The molecule has 0 aliphatic rings. The summed E-state index contributed by atoms with van der Waals surface area (Å²) < 4.78 is 1.75. The number of fused-ring (bicyclic) bond motifs is 1. The first kappa shape index (κ1) is 17.4. The van der Waals surface area contributed by atoms with Crippen LogP contribution in [0, 0.1) is 20.8 Å². The molecular weight excluding hydrogens is 358 g/mol. The molecule has 0 saturated carbocycles. The second-order valence-electron chi connectivity index (χ2n) is 6.60. The van der Waals surface area contributed by atoms with E-state index in [9.17, 15) is 4.79 Å². The molecule has 6 nitrogen and oxygen atoms in total. The third-order valence-corrected chi connectivity index (χ3v) is 5.23. The second kappa shape index (κ2) is 6.92. The van der Waals surface area contributed by atoms with Crippen LogP contribution < -0.4 is 5.32 Å². The van der Waals surface area contributed by atoms with Gasteiger partial charge in [-0.1, -0.05) is 52.8 Å². The van der Waals surface area contributed by atoms with Crippen LogP contribution in [0.25, 0.3) is 15.5 Å². The van der Waals surface area contributed by atoms with Crippen molar-refractivity contribution in [3.05, 3.63) is 70.5 Å². The highest BCUT2D eigenvalue weighted by atomic mass is 32.1. The summed E-state index contributed by atoms with van der Waals surface area (Å²) in [4.78, 5) is 13.2. The molecule has 27 heavy (non-hydrogen) atoms. The molecule has 0 saturated heterocycles. The molecule has 0 fully saturated rings. The van der Waals surface area contributed by atoms with Crippen LogP contribution in [0.5, 0.6) is 0 Å². The average molecular weight is 377 g/mol. The molecule has 7 heteroatoms. The van der Waals surface area contributed by atoms with Crippen LogP contribution in [-0.4, -0.2) is 25.7 Å². The Morgan fingerprint density at radius 1 is 1.04 bits per heavy atom. The number of nitrogens with one attached hydrogen (secondary N) is 1. The molecule has 1 amide bonds. The number of rotatable bonds is 4. The third-order valence-electron chi connectivity index (χ3n) is 4.28. The predicted molar refractivity (Wildman–Crippen MR) is 106 cm³/mol. The number of aromatic nitrogens is 4. The Hall–Kier alpha value is -3.06. The number of benzene rings is 2. The van der Waals surface area contributed by atoms with Gasteiger partial charge in [0.15, 0.2) is 5.82 Å². The van der Waals surface area contributed by atoms with Gasteiger partial charge < -0.3 is 5.32 Å². The lowest BCUT2D eigenvalue weighted by Crippen LogP contribution is -2.22. The molecule has 0 bridgehead atoms. The highest BCUT2D eigenvalue weighted by molar-refractivity contribution is 7.19. The van der Waals surface area contributed by atoms with Crippen molar-refractivity contribution in [1.82, 2.24) is 25.1 Å². The molecule has 0 unspecified atom stereocenters. The van der Waals surface area contributed by atoms with Crippen LogP contribution >= 0.6 is 11.3 Å². The second-order valence-corrected chi connectivity index (χ2v) is 7.56. The Kier molecular flexibility index (Phi) is 4.45. The fourth-order valence-corrected chi connectivity index (χ4v) is 3.88. The lowest BCUT2D eigenvalue weighted by atomic mass is 10.1. The maximum atomic E-state index is 12.4. The number of aryl methyl sites for hydroxylation is 3. The van der Waals surface area contributed by atoms with Crippen LogP contribution in [0.2, 0.25) is 0 Å². The number of nitrogens with zero attached hydrogens (tertiary/aromatic N) is 4. The SMILES string of the molecule is Cc1cc(C)cc(C(=O)NCc2ccc(-c3nn4c(C)nnc4s3)cc2)c1. The zero-order chi connectivity index (χ0) is 19.0. The maximum Gasteiger partial charge on any atom is 0.251 e. The number of hydrogen-bond acceptors (Lipinski definition) is 5. The molecule has 0 spiro atoms. The van der Waals surface area contributed by atoms with Crippen molar-refractivity contribution in [2.24, 2.45) is 0 Å². The fourth-order valence-electron chi connectivity index (χ4n) is 2.99. The highest BCUT2D eigenvalue weighted by Crippen LogP contribution is 2.25. The van der Waals surface area contributed by atoms with Crippen molar-refractivity contribution < 1.29 is 4.79 Å². The van der Waals surface area contributed by atoms with Crippen molar-refractivity contribution in [2.45, 2.75) is 27.3 Å². The highest BCUT2D eigenvalue weighted by Gasteiger charge is 2.11. The Labute approximate surface area is 160 Å². The van der Waals surface area contributed by atoms with Crippen molar-refractivity contribution in [3.63, 3.8) is 0 Å². The van der Waals surface area contributed by atoms with Gasteiger partial charge in [0, 0.05) is 17.7 Å². The number of carbonyl (C=O) groups excluding carboxylic acids is 1. The van der Waals surface area contributed by atoms with Gasteiger partial charge in [-0.3, -0.25) is 4.79 Å². The van der Waals surface area contributed by atoms with E-state index in [1.54, 1.807) is 4.52 Å². The van der Waals surface area contributed by atoms with Gasteiger partial charge in [0.05, 0.1) is 0 Å². The normalized spacial score (nSPS) is 11.1. The molecule has 2 aromatic carbocycles. The van der Waals surface area contributed by atoms with Crippen LogP contribution in [0.15, 0.2) is 42.5 Å². The van der Waals surface area contributed by atoms with E-state index in [0.717, 1.165) is 38.0 Å². The molecule has 4 aromatic rings. The van der Waals surface area contributed by atoms with Crippen molar-refractivity contribution in [3.8, 4) is 10.6 Å². The van der Waals surface area contributed by atoms with E-state index in [-0.39, 0.29) is 5.91 Å². The molecule has 2 heterocycles. The monoisotopic (exact) mass is 377 g/mol. The summed E-state index contributed by atoms with van der Waals surface area (Å²) in [5.74, 6) is 0.716. The van der Waals surface area contributed by atoms with Crippen LogP contribution in [-0.2, 0) is 6.54 Å². The zero-order valence-corrected chi connectivity index (χ0v) is 16.2. The van der Waals surface area contributed by atoms with Crippen LogP contribution in [0.4, 0.5) is 0 Å². The molecular formula is C20H19N5OS. The quantitative estimate of drug-likeness (QED) is 0.588. The van der Waals surface area contributed by atoms with E-state index in [1.807, 2.05) is 57.2 Å². The Morgan fingerprint density at radius 3 is 2.41 bits per heavy atom. The van der Waals surface area contributed by atoms with Gasteiger partial charge in [-0.2, -0.15) is 9.61 Å². The van der Waals surface area contributed by atoms with E-state index in [0.29, 0.717) is 12.1 Å². The van der Waals surface area contributed by atoms with E-state index in [1.165, 1.54) is 11.3 Å². The van der Waals surface area contributed by atoms with E-state index < -0.39 is 0 Å². The predicted octanol–water partition coefficient (Wildman–Crippen LogP) is 3.71. The summed E-state index contributed by atoms with van der Waals surface area (Å²) in [7, 11) is 0. The lowest BCUT2D eigenvalue weighted by Gasteiger charge is -2.08. The summed E-state index contributed by atoms with van der Waals surface area (Å²) in [6, 6.07) is 13.9. The maximum absolute atomic E-state index is 12.4. The molecule has 0 aliphatic carbocycles. The minimum atomic E-state index is -0.0602. The number of carbonyl (C=O) groups is 1. The summed E-state index contributed by atoms with van der Waals surface area (Å²) in [5, 5.41) is 16.5. The largest absolute Gasteiger partial charge is 0.348 e. The van der Waals surface area contributed by atoms with E-state index in [4.69, 9.17) is 0 Å². The molecule has 0 aliphatic heterocycles. The van der Waals surface area contributed by atoms with Gasteiger partial charge in [-0.05, 0) is 38.5 Å². The Balaban J connectivity index is 1.45. The van der Waals surface area contributed by atoms with Crippen LogP contribution in [0.3, 0.4) is 0 Å². The Bertz CT molecular complexity index is 1110. The average Bonchev–Trinajstić information content (AvgIpc) is 3.21. The molecule has 2 aromatic heterocycles. The van der Waals surface area contributed by atoms with Gasteiger partial charge in [0.1, 0.15) is 5.01 Å². The first-order chi connectivity index (χ1) is 13.0. The van der Waals surface area contributed by atoms with Gasteiger partial charge in [0.25, 0.3) is 5.91 Å². The number of amides is 1. The Morgan fingerprint density at radius 2 is 1.74 bits per heavy atom. The van der Waals surface area contributed by atoms with E-state index in [2.05, 4.69) is 26.7 Å². The molecule has 1 N–H and O–H groups in total. The first-order valence-corrected chi connectivity index (χ1v) is 9.46. The minimum Gasteiger partial charge on any atom is -0.348 e. The molecule has 0 atom stereocenters. The van der Waals surface area contributed by atoms with Crippen molar-refractivity contribution in [1.29, 1.82) is 0 Å². The molecule has 4 rings (SSSR count). The van der Waals surface area contributed by atoms with Gasteiger partial charge in [0.2, 0.25) is 4.96 Å². The first-order valence-electron chi connectivity index (χ1n) is 8.64. The smallest absolute Gasteiger partial charge is 0.251 e. The van der Waals surface area contributed by atoms with E-state index >= 15 is 0 Å². The lowest BCUT2D eigenvalue weighted by molar-refractivity contribution is 0.0950. The third kappa shape index (κ3) is 3.59. The zero-order valence-electron chi connectivity index (χ0n) is 15.4. The molecule has 0 radical (unpaired) electrons. The standard InChI is InChI=1S/C20H19N5OS/c1-12-8-13(2)10-17(9-12)18(26)21-11-15-4-6-16(7-5-15)19-24-25-14(3)22-23-20(25)27-19/h4-10H,11H2,1-3H3,(H,21,26). The topological polar surface area (TPSA) is 72.2 Å². The summed E-state index contributed by atoms with van der Waals surface area (Å²) in [6.07, 6.45) is 0.